The number of piperidine rings is 1. The molecule has 2 N–H and O–H groups in total. The second-order valence-electron chi connectivity index (χ2n) is 10.6. The Morgan fingerprint density at radius 2 is 1.87 bits per heavy atom. The Bertz CT molecular complexity index is 1240. The number of nitrogens with zero attached hydrogens (tertiary/aromatic N) is 1. The molecule has 2 aromatic carbocycles. The Balaban J connectivity index is 1.56. The number of likely N-dealkylation sites (N-methyl/N-ethyl adjacent to an activating group) is 1. The van der Waals surface area contributed by atoms with Crippen LogP contribution in [0.1, 0.15) is 80.0 Å². The second-order valence-corrected chi connectivity index (χ2v) is 10.6. The molecule has 0 aliphatic carbocycles. The van der Waals surface area contributed by atoms with Crippen molar-refractivity contribution in [1.82, 2.24) is 15.5 Å². The molecule has 0 bridgehead atoms. The molecule has 1 fully saturated rings. The number of aldehydes is 1. The van der Waals surface area contributed by atoms with Crippen molar-refractivity contribution in [3.05, 3.63) is 41.5 Å². The van der Waals surface area contributed by atoms with Crippen molar-refractivity contribution >= 4 is 40.9 Å². The second kappa shape index (κ2) is 13.2. The first-order valence-corrected chi connectivity index (χ1v) is 13.2. The lowest BCUT2D eigenvalue weighted by Crippen LogP contribution is -2.52. The molecule has 0 spiro atoms. The van der Waals surface area contributed by atoms with Gasteiger partial charge < -0.3 is 19.7 Å². The Labute approximate surface area is 228 Å². The fraction of sp³-hybridized carbons (Fsp3) is 0.483. The first kappa shape index (κ1) is 29.6. The smallest absolute Gasteiger partial charge is 0.407 e. The minimum atomic E-state index is -0.763. The van der Waals surface area contributed by atoms with E-state index in [1.165, 1.54) is 11.9 Å². The normalized spacial score (nSPS) is 15.4. The number of fused-ring (bicyclic) bond motifs is 1. The first-order chi connectivity index (χ1) is 18.5. The number of benzene rings is 2. The lowest BCUT2D eigenvalue weighted by atomic mass is 9.97. The van der Waals surface area contributed by atoms with Crippen LogP contribution in [0.2, 0.25) is 0 Å². The van der Waals surface area contributed by atoms with E-state index in [9.17, 15) is 24.0 Å². The lowest BCUT2D eigenvalue weighted by Gasteiger charge is -2.30. The fourth-order valence-corrected chi connectivity index (χ4v) is 4.45. The summed E-state index contributed by atoms with van der Waals surface area (Å²) in [5.41, 5.74) is 0.0987. The third kappa shape index (κ3) is 8.27. The third-order valence-corrected chi connectivity index (χ3v) is 6.34. The van der Waals surface area contributed by atoms with Crippen molar-refractivity contribution in [2.24, 2.45) is 0 Å². The number of hydrogen-bond donors (Lipinski definition) is 2. The van der Waals surface area contributed by atoms with Gasteiger partial charge in [0.25, 0.3) is 5.91 Å². The average Bonchev–Trinajstić information content (AvgIpc) is 2.87. The molecule has 39 heavy (non-hydrogen) atoms. The molecule has 1 aliphatic heterocycles. The van der Waals surface area contributed by atoms with Gasteiger partial charge in [-0.3, -0.25) is 24.5 Å². The van der Waals surface area contributed by atoms with E-state index in [0.717, 1.165) is 25.7 Å². The van der Waals surface area contributed by atoms with Crippen molar-refractivity contribution in [2.75, 3.05) is 20.2 Å². The summed E-state index contributed by atoms with van der Waals surface area (Å²) in [6, 6.07) is 7.78. The van der Waals surface area contributed by atoms with Crippen molar-refractivity contribution < 1.29 is 33.4 Å². The summed E-state index contributed by atoms with van der Waals surface area (Å²) in [5.74, 6) is -0.742. The Kier molecular flexibility index (Phi) is 10.0. The van der Waals surface area contributed by atoms with E-state index in [4.69, 9.17) is 9.47 Å². The van der Waals surface area contributed by atoms with Crippen LogP contribution in [0.15, 0.2) is 30.3 Å². The predicted octanol–water partition coefficient (Wildman–Crippen LogP) is 3.99. The van der Waals surface area contributed by atoms with Crippen LogP contribution < -0.4 is 15.4 Å². The van der Waals surface area contributed by atoms with E-state index < -0.39 is 29.6 Å². The molecule has 0 saturated carbocycles. The molecular formula is C29H37N3O7. The molecule has 1 aliphatic rings. The van der Waals surface area contributed by atoms with Crippen molar-refractivity contribution in [1.29, 1.82) is 0 Å². The van der Waals surface area contributed by atoms with E-state index >= 15 is 0 Å². The van der Waals surface area contributed by atoms with Gasteiger partial charge in [-0.15, -0.1) is 0 Å². The number of imide groups is 1. The molecule has 210 valence electrons. The monoisotopic (exact) mass is 539 g/mol. The summed E-state index contributed by atoms with van der Waals surface area (Å²) >= 11 is 0. The quantitative estimate of drug-likeness (QED) is 0.251. The molecule has 0 radical (unpaired) electrons. The highest BCUT2D eigenvalue weighted by atomic mass is 16.6. The van der Waals surface area contributed by atoms with Gasteiger partial charge in [-0.05, 0) is 63.6 Å². The number of carbonyl (C=O) groups excluding carboxylic acids is 5. The average molecular weight is 540 g/mol. The van der Waals surface area contributed by atoms with Crippen molar-refractivity contribution in [3.63, 3.8) is 0 Å². The molecule has 10 heteroatoms. The zero-order valence-corrected chi connectivity index (χ0v) is 23.0. The number of alkyl carbamates (subject to hydrolysis) is 1. The van der Waals surface area contributed by atoms with Gasteiger partial charge in [-0.1, -0.05) is 25.0 Å². The summed E-state index contributed by atoms with van der Waals surface area (Å²) in [6.45, 7) is 6.47. The summed E-state index contributed by atoms with van der Waals surface area (Å²) in [7, 11) is 1.52. The van der Waals surface area contributed by atoms with Gasteiger partial charge in [0.1, 0.15) is 17.4 Å². The Hall–Kier alpha value is -3.95. The molecule has 3 rings (SSSR count). The SMILES string of the molecule is CN(C(=O)c1cccc2cc(OCCCCCCNC(=O)OC(C)(C)C)cc(C=O)c12)C1CCC(=O)NC1=O. The van der Waals surface area contributed by atoms with Crippen LogP contribution in [-0.4, -0.2) is 66.8 Å². The van der Waals surface area contributed by atoms with Gasteiger partial charge in [-0.2, -0.15) is 0 Å². The van der Waals surface area contributed by atoms with E-state index in [1.54, 1.807) is 30.3 Å². The largest absolute Gasteiger partial charge is 0.494 e. The molecule has 1 saturated heterocycles. The number of hydrogen-bond acceptors (Lipinski definition) is 7. The maximum absolute atomic E-state index is 13.3. The molecule has 2 aromatic rings. The third-order valence-electron chi connectivity index (χ3n) is 6.34. The highest BCUT2D eigenvalue weighted by Gasteiger charge is 2.33. The van der Waals surface area contributed by atoms with Crippen LogP contribution >= 0.6 is 0 Å². The summed E-state index contributed by atoms with van der Waals surface area (Å²) in [4.78, 5) is 62.0. The van der Waals surface area contributed by atoms with Crippen LogP contribution in [0.3, 0.4) is 0 Å². The Morgan fingerprint density at radius 3 is 2.56 bits per heavy atom. The van der Waals surface area contributed by atoms with E-state index in [1.807, 2.05) is 20.8 Å². The van der Waals surface area contributed by atoms with E-state index in [2.05, 4.69) is 10.6 Å². The molecule has 1 heterocycles. The first-order valence-electron chi connectivity index (χ1n) is 13.2. The van der Waals surface area contributed by atoms with Crippen LogP contribution in [0.4, 0.5) is 4.79 Å². The maximum Gasteiger partial charge on any atom is 0.407 e. The van der Waals surface area contributed by atoms with Gasteiger partial charge in [0, 0.05) is 36.5 Å². The van der Waals surface area contributed by atoms with Crippen LogP contribution in [0.25, 0.3) is 10.8 Å². The number of carbonyl (C=O) groups is 5. The van der Waals surface area contributed by atoms with E-state index in [0.29, 0.717) is 47.1 Å². The van der Waals surface area contributed by atoms with Gasteiger partial charge in [-0.25, -0.2) is 4.79 Å². The van der Waals surface area contributed by atoms with Crippen LogP contribution in [0.5, 0.6) is 5.75 Å². The van der Waals surface area contributed by atoms with Crippen molar-refractivity contribution in [3.8, 4) is 5.75 Å². The summed E-state index contributed by atoms with van der Waals surface area (Å²) < 4.78 is 11.1. The minimum absolute atomic E-state index is 0.160. The van der Waals surface area contributed by atoms with Crippen LogP contribution in [-0.2, 0) is 14.3 Å². The van der Waals surface area contributed by atoms with Crippen molar-refractivity contribution in [2.45, 2.75) is 70.9 Å². The zero-order chi connectivity index (χ0) is 28.6. The molecule has 4 amide bonds. The Morgan fingerprint density at radius 1 is 1.13 bits per heavy atom. The minimum Gasteiger partial charge on any atom is -0.494 e. The number of ether oxygens (including phenoxy) is 2. The van der Waals surface area contributed by atoms with Crippen LogP contribution in [0, 0.1) is 0 Å². The van der Waals surface area contributed by atoms with Gasteiger partial charge in [0.05, 0.1) is 6.61 Å². The summed E-state index contributed by atoms with van der Waals surface area (Å²) in [5, 5.41) is 6.17. The molecule has 1 unspecified atom stereocenters. The number of rotatable bonds is 11. The van der Waals surface area contributed by atoms with E-state index in [-0.39, 0.29) is 18.7 Å². The number of amides is 4. The van der Waals surface area contributed by atoms with Gasteiger partial charge >= 0.3 is 6.09 Å². The van der Waals surface area contributed by atoms with Gasteiger partial charge in [0.2, 0.25) is 11.8 Å². The molecule has 0 aromatic heterocycles. The zero-order valence-electron chi connectivity index (χ0n) is 23.0. The molecular weight excluding hydrogens is 502 g/mol. The maximum atomic E-state index is 13.3. The lowest BCUT2D eigenvalue weighted by molar-refractivity contribution is -0.136. The topological polar surface area (TPSA) is 131 Å². The molecule has 10 nitrogen and oxygen atoms in total. The predicted molar refractivity (Wildman–Crippen MR) is 146 cm³/mol. The number of nitrogens with one attached hydrogen (secondary N) is 2. The summed E-state index contributed by atoms with van der Waals surface area (Å²) in [6.07, 6.45) is 4.14. The highest BCUT2D eigenvalue weighted by Crippen LogP contribution is 2.29. The highest BCUT2D eigenvalue weighted by molar-refractivity contribution is 6.13. The fourth-order valence-electron chi connectivity index (χ4n) is 4.45. The molecule has 1 atom stereocenters. The number of unbranched alkanes of at least 4 members (excludes halogenated alkanes) is 3. The standard InChI is InChI=1S/C29H37N3O7/c1-29(2,3)39-28(37)30-14-7-5-6-8-15-38-21-16-19-10-9-11-22(25(19)20(17-21)18-33)27(36)32(4)23-12-13-24(34)31-26(23)35/h9-11,16-18,23H,5-8,12-15H2,1-4H3,(H,30,37)(H,31,34,35). The van der Waals surface area contributed by atoms with Gasteiger partial charge in [0.15, 0.2) is 6.29 Å².